The van der Waals surface area contributed by atoms with E-state index in [1.54, 1.807) is 24.3 Å². The zero-order chi connectivity index (χ0) is 13.2. The number of benzene rings is 1. The molecule has 1 saturated heterocycles. The summed E-state index contributed by atoms with van der Waals surface area (Å²) in [6, 6.07) is 6.88. The van der Waals surface area contributed by atoms with Crippen LogP contribution in [0.4, 0.5) is 0 Å². The normalized spacial score (nSPS) is 23.8. The maximum atomic E-state index is 11.3. The van der Waals surface area contributed by atoms with Crippen molar-refractivity contribution < 1.29 is 18.3 Å². The quantitative estimate of drug-likeness (QED) is 0.913. The Bertz CT molecular complexity index is 515. The number of rotatable bonds is 4. The van der Waals surface area contributed by atoms with Gasteiger partial charge in [-0.25, -0.2) is 8.42 Å². The lowest BCUT2D eigenvalue weighted by Gasteiger charge is -2.17. The molecule has 1 fully saturated rings. The summed E-state index contributed by atoms with van der Waals surface area (Å²) in [6.45, 7) is 0.0839. The topological polar surface area (TPSA) is 63.6 Å². The van der Waals surface area contributed by atoms with Gasteiger partial charge in [-0.3, -0.25) is 0 Å². The Kier molecular flexibility index (Phi) is 4.14. The number of aliphatic hydroxyl groups is 1. The molecule has 0 saturated carbocycles. The summed E-state index contributed by atoms with van der Waals surface area (Å²) in [5.74, 6) is 0.551. The van der Waals surface area contributed by atoms with Crippen LogP contribution in [0.5, 0.6) is 5.75 Å². The predicted octanol–water partition coefficient (Wildman–Crippen LogP) is 1.51. The average Bonchev–Trinajstić information content (AvgIpc) is 2.67. The van der Waals surface area contributed by atoms with Crippen molar-refractivity contribution in [3.63, 3.8) is 0 Å². The van der Waals surface area contributed by atoms with Crippen molar-refractivity contribution in [2.45, 2.75) is 12.5 Å². The molecule has 1 N–H and O–H groups in total. The van der Waals surface area contributed by atoms with E-state index in [0.717, 1.165) is 0 Å². The lowest BCUT2D eigenvalue weighted by molar-refractivity contribution is 0.0661. The Morgan fingerprint density at radius 1 is 1.50 bits per heavy atom. The fraction of sp³-hybridized carbons (Fsp3) is 0.500. The van der Waals surface area contributed by atoms with Crippen LogP contribution in [0.3, 0.4) is 0 Å². The van der Waals surface area contributed by atoms with E-state index >= 15 is 0 Å². The van der Waals surface area contributed by atoms with Crippen molar-refractivity contribution in [2.24, 2.45) is 5.92 Å². The molecule has 4 nitrogen and oxygen atoms in total. The standard InChI is InChI=1S/C12H15ClO4S/c13-10-2-1-3-11(6-10)17-7-12(14)9-4-5-18(15,16)8-9/h1-3,6,9,12,14H,4-5,7-8H2. The van der Waals surface area contributed by atoms with Gasteiger partial charge in [0.1, 0.15) is 12.4 Å². The Balaban J connectivity index is 1.87. The number of hydrogen-bond donors (Lipinski definition) is 1. The molecule has 0 aliphatic carbocycles. The molecule has 2 rings (SSSR count). The third-order valence-corrected chi connectivity index (χ3v) is 5.06. The fourth-order valence-corrected chi connectivity index (χ4v) is 4.05. The monoisotopic (exact) mass is 290 g/mol. The first-order valence-electron chi connectivity index (χ1n) is 5.73. The molecule has 6 heteroatoms. The Labute approximate surface area is 111 Å². The molecule has 1 heterocycles. The summed E-state index contributed by atoms with van der Waals surface area (Å²) in [4.78, 5) is 0. The Hall–Kier alpha value is -0.780. The van der Waals surface area contributed by atoms with E-state index in [9.17, 15) is 13.5 Å². The van der Waals surface area contributed by atoms with Gasteiger partial charge in [-0.15, -0.1) is 0 Å². The minimum Gasteiger partial charge on any atom is -0.491 e. The maximum absolute atomic E-state index is 11.3. The van der Waals surface area contributed by atoms with Gasteiger partial charge in [-0.1, -0.05) is 17.7 Å². The molecule has 0 spiro atoms. The van der Waals surface area contributed by atoms with E-state index in [4.69, 9.17) is 16.3 Å². The first-order valence-corrected chi connectivity index (χ1v) is 7.93. The van der Waals surface area contributed by atoms with Gasteiger partial charge in [0.15, 0.2) is 9.84 Å². The highest BCUT2D eigenvalue weighted by Gasteiger charge is 2.33. The van der Waals surface area contributed by atoms with Crippen molar-refractivity contribution in [1.82, 2.24) is 0 Å². The van der Waals surface area contributed by atoms with Crippen LogP contribution >= 0.6 is 11.6 Å². The summed E-state index contributed by atoms with van der Waals surface area (Å²) in [5, 5.41) is 10.4. The smallest absolute Gasteiger partial charge is 0.150 e. The summed E-state index contributed by atoms with van der Waals surface area (Å²) in [6.07, 6.45) is -0.260. The second-order valence-corrected chi connectivity index (χ2v) is 7.16. The Morgan fingerprint density at radius 3 is 2.89 bits per heavy atom. The van der Waals surface area contributed by atoms with E-state index in [1.807, 2.05) is 0 Å². The summed E-state index contributed by atoms with van der Waals surface area (Å²) in [7, 11) is -2.97. The summed E-state index contributed by atoms with van der Waals surface area (Å²) < 4.78 is 28.0. The minimum absolute atomic E-state index is 0.0487. The molecule has 2 unspecified atom stereocenters. The third kappa shape index (κ3) is 3.60. The molecule has 1 aliphatic rings. The molecule has 0 amide bonds. The molecular formula is C12H15ClO4S. The number of hydrogen-bond acceptors (Lipinski definition) is 4. The molecule has 100 valence electrons. The van der Waals surface area contributed by atoms with Crippen LogP contribution in [-0.2, 0) is 9.84 Å². The highest BCUT2D eigenvalue weighted by Crippen LogP contribution is 2.23. The van der Waals surface area contributed by atoms with Crippen molar-refractivity contribution >= 4 is 21.4 Å². The van der Waals surface area contributed by atoms with Gasteiger partial charge >= 0.3 is 0 Å². The lowest BCUT2D eigenvalue weighted by atomic mass is 10.0. The second kappa shape index (κ2) is 5.47. The Morgan fingerprint density at radius 2 is 2.28 bits per heavy atom. The molecule has 1 aromatic carbocycles. The molecule has 1 aromatic rings. The third-order valence-electron chi connectivity index (χ3n) is 3.03. The lowest BCUT2D eigenvalue weighted by Crippen LogP contribution is -2.28. The fourth-order valence-electron chi connectivity index (χ4n) is 2.00. The van der Waals surface area contributed by atoms with Gasteiger partial charge in [-0.2, -0.15) is 0 Å². The largest absolute Gasteiger partial charge is 0.491 e. The van der Waals surface area contributed by atoms with Crippen LogP contribution in [0.2, 0.25) is 5.02 Å². The van der Waals surface area contributed by atoms with Gasteiger partial charge in [0.2, 0.25) is 0 Å². The van der Waals surface area contributed by atoms with Gasteiger partial charge in [-0.05, 0) is 24.6 Å². The number of sulfone groups is 1. The zero-order valence-corrected chi connectivity index (χ0v) is 11.3. The highest BCUT2D eigenvalue weighted by molar-refractivity contribution is 7.91. The van der Waals surface area contributed by atoms with E-state index in [0.29, 0.717) is 17.2 Å². The summed E-state index contributed by atoms with van der Waals surface area (Å²) >= 11 is 5.80. The van der Waals surface area contributed by atoms with E-state index in [-0.39, 0.29) is 24.0 Å². The summed E-state index contributed by atoms with van der Waals surface area (Å²) in [5.41, 5.74) is 0. The van der Waals surface area contributed by atoms with E-state index < -0.39 is 15.9 Å². The van der Waals surface area contributed by atoms with Gasteiger partial charge in [0.25, 0.3) is 0 Å². The van der Waals surface area contributed by atoms with Crippen LogP contribution in [0, 0.1) is 5.92 Å². The average molecular weight is 291 g/mol. The van der Waals surface area contributed by atoms with Crippen molar-refractivity contribution in [1.29, 1.82) is 0 Å². The van der Waals surface area contributed by atoms with Crippen LogP contribution in [0.15, 0.2) is 24.3 Å². The van der Waals surface area contributed by atoms with Crippen LogP contribution in [0.1, 0.15) is 6.42 Å². The predicted molar refractivity (Wildman–Crippen MR) is 69.7 cm³/mol. The van der Waals surface area contributed by atoms with Gasteiger partial charge in [0, 0.05) is 10.9 Å². The van der Waals surface area contributed by atoms with Crippen LogP contribution in [0.25, 0.3) is 0 Å². The molecule has 0 bridgehead atoms. The first kappa shape index (κ1) is 13.6. The molecule has 1 aliphatic heterocycles. The molecular weight excluding hydrogens is 276 g/mol. The van der Waals surface area contributed by atoms with Crippen molar-refractivity contribution in [3.8, 4) is 5.75 Å². The minimum atomic E-state index is -2.97. The highest BCUT2D eigenvalue weighted by atomic mass is 35.5. The first-order chi connectivity index (χ1) is 8.46. The van der Waals surface area contributed by atoms with Crippen LogP contribution in [-0.4, -0.2) is 37.7 Å². The molecule has 0 aromatic heterocycles. The number of aliphatic hydroxyl groups excluding tert-OH is 1. The van der Waals surface area contributed by atoms with Gasteiger partial charge in [0.05, 0.1) is 17.6 Å². The van der Waals surface area contributed by atoms with Gasteiger partial charge < -0.3 is 9.84 Å². The number of ether oxygens (including phenoxy) is 1. The SMILES string of the molecule is O=S1(=O)CCC(C(O)COc2cccc(Cl)c2)C1. The molecule has 2 atom stereocenters. The van der Waals surface area contributed by atoms with E-state index in [2.05, 4.69) is 0 Å². The second-order valence-electron chi connectivity index (χ2n) is 4.50. The molecule has 0 radical (unpaired) electrons. The van der Waals surface area contributed by atoms with Crippen molar-refractivity contribution in [3.05, 3.63) is 29.3 Å². The van der Waals surface area contributed by atoms with Crippen molar-refractivity contribution in [2.75, 3.05) is 18.1 Å². The van der Waals surface area contributed by atoms with E-state index in [1.165, 1.54) is 0 Å². The zero-order valence-electron chi connectivity index (χ0n) is 9.75. The van der Waals surface area contributed by atoms with Crippen LogP contribution < -0.4 is 4.74 Å². The number of halogens is 1. The molecule has 18 heavy (non-hydrogen) atoms. The maximum Gasteiger partial charge on any atom is 0.150 e.